The first-order valence-corrected chi connectivity index (χ1v) is 7.63. The molecule has 24 heavy (non-hydrogen) atoms. The largest absolute Gasteiger partial charge is 0.360 e. The van der Waals surface area contributed by atoms with Crippen molar-refractivity contribution in [2.75, 3.05) is 5.32 Å². The second-order valence-electron chi connectivity index (χ2n) is 5.35. The Kier molecular flexibility index (Phi) is 4.28. The number of nitrogens with one attached hydrogen (secondary N) is 1. The van der Waals surface area contributed by atoms with Gasteiger partial charge in [-0.2, -0.15) is 10.2 Å². The standard InChI is InChI=1S/C16H18N6O2/c1-3-14-15(22(23)24)16(20(2)19-14)17-11-12-5-7-13(8-6-12)21-10-4-9-18-21/h4-10,17H,3,11H2,1-2H3. The van der Waals surface area contributed by atoms with Gasteiger partial charge in [-0.1, -0.05) is 19.1 Å². The molecule has 2 aromatic heterocycles. The summed E-state index contributed by atoms with van der Waals surface area (Å²) in [4.78, 5) is 10.9. The summed E-state index contributed by atoms with van der Waals surface area (Å²) in [7, 11) is 1.70. The van der Waals surface area contributed by atoms with Gasteiger partial charge in [0.2, 0.25) is 5.82 Å². The molecule has 1 N–H and O–H groups in total. The number of anilines is 1. The SMILES string of the molecule is CCc1nn(C)c(NCc2ccc(-n3cccn3)cc2)c1[N+](=O)[O-]. The molecule has 0 saturated carbocycles. The van der Waals surface area contributed by atoms with Gasteiger partial charge in [-0.15, -0.1) is 0 Å². The maximum Gasteiger partial charge on any atom is 0.333 e. The monoisotopic (exact) mass is 326 g/mol. The van der Waals surface area contributed by atoms with Gasteiger partial charge in [-0.25, -0.2) is 9.36 Å². The molecule has 2 heterocycles. The highest BCUT2D eigenvalue weighted by molar-refractivity contribution is 5.60. The van der Waals surface area contributed by atoms with Gasteiger partial charge in [0.25, 0.3) is 0 Å². The lowest BCUT2D eigenvalue weighted by Crippen LogP contribution is -2.06. The summed E-state index contributed by atoms with van der Waals surface area (Å²) in [5.74, 6) is 0.424. The Bertz CT molecular complexity index is 836. The normalized spacial score (nSPS) is 10.8. The average molecular weight is 326 g/mol. The summed E-state index contributed by atoms with van der Waals surface area (Å²) in [5, 5.41) is 22.8. The number of benzene rings is 1. The van der Waals surface area contributed by atoms with Crippen LogP contribution in [0.15, 0.2) is 42.7 Å². The number of rotatable bonds is 6. The van der Waals surface area contributed by atoms with Gasteiger partial charge in [0.15, 0.2) is 0 Å². The molecule has 1 aromatic carbocycles. The van der Waals surface area contributed by atoms with Crippen LogP contribution < -0.4 is 5.32 Å². The van der Waals surface area contributed by atoms with E-state index in [9.17, 15) is 10.1 Å². The molecule has 0 radical (unpaired) electrons. The summed E-state index contributed by atoms with van der Waals surface area (Å²) in [6, 6.07) is 9.71. The number of hydrogen-bond donors (Lipinski definition) is 1. The number of aryl methyl sites for hydroxylation is 2. The van der Waals surface area contributed by atoms with E-state index in [2.05, 4.69) is 15.5 Å². The van der Waals surface area contributed by atoms with Crippen molar-refractivity contribution in [3.8, 4) is 5.69 Å². The Morgan fingerprint density at radius 1 is 1.29 bits per heavy atom. The summed E-state index contributed by atoms with van der Waals surface area (Å²) in [6.07, 6.45) is 4.12. The lowest BCUT2D eigenvalue weighted by atomic mass is 10.2. The van der Waals surface area contributed by atoms with Gasteiger partial charge in [0, 0.05) is 26.0 Å². The third-order valence-electron chi connectivity index (χ3n) is 3.77. The fourth-order valence-electron chi connectivity index (χ4n) is 2.57. The van der Waals surface area contributed by atoms with E-state index in [0.29, 0.717) is 24.5 Å². The van der Waals surface area contributed by atoms with Crippen LogP contribution in [0.2, 0.25) is 0 Å². The molecule has 0 amide bonds. The van der Waals surface area contributed by atoms with Crippen LogP contribution in [-0.2, 0) is 20.0 Å². The number of aromatic nitrogens is 4. The van der Waals surface area contributed by atoms with Crippen molar-refractivity contribution in [1.29, 1.82) is 0 Å². The second kappa shape index (κ2) is 6.53. The number of nitrogens with zero attached hydrogens (tertiary/aromatic N) is 5. The summed E-state index contributed by atoms with van der Waals surface area (Å²) >= 11 is 0. The molecule has 0 aliphatic rings. The van der Waals surface area contributed by atoms with E-state index in [1.807, 2.05) is 43.5 Å². The van der Waals surface area contributed by atoms with E-state index in [-0.39, 0.29) is 10.6 Å². The molecule has 0 unspecified atom stereocenters. The molecule has 8 nitrogen and oxygen atoms in total. The van der Waals surface area contributed by atoms with Crippen LogP contribution in [0.3, 0.4) is 0 Å². The van der Waals surface area contributed by atoms with Gasteiger partial charge in [-0.3, -0.25) is 10.1 Å². The third kappa shape index (κ3) is 2.98. The first-order chi connectivity index (χ1) is 11.6. The lowest BCUT2D eigenvalue weighted by molar-refractivity contribution is -0.384. The Hall–Kier alpha value is -3.16. The first-order valence-electron chi connectivity index (χ1n) is 7.63. The van der Waals surface area contributed by atoms with E-state index >= 15 is 0 Å². The van der Waals surface area contributed by atoms with Gasteiger partial charge >= 0.3 is 5.69 Å². The van der Waals surface area contributed by atoms with Crippen LogP contribution in [-0.4, -0.2) is 24.5 Å². The molecular weight excluding hydrogens is 308 g/mol. The molecule has 0 atom stereocenters. The Balaban J connectivity index is 1.76. The molecule has 0 bridgehead atoms. The zero-order chi connectivity index (χ0) is 17.1. The van der Waals surface area contributed by atoms with Crippen LogP contribution in [0.5, 0.6) is 0 Å². The minimum absolute atomic E-state index is 0.0492. The number of hydrogen-bond acceptors (Lipinski definition) is 5. The van der Waals surface area contributed by atoms with Crippen molar-refractivity contribution in [3.63, 3.8) is 0 Å². The van der Waals surface area contributed by atoms with E-state index in [0.717, 1.165) is 11.3 Å². The predicted octanol–water partition coefficient (Wildman–Crippen LogP) is 2.69. The summed E-state index contributed by atoms with van der Waals surface area (Å²) in [5.41, 5.74) is 2.51. The highest BCUT2D eigenvalue weighted by Crippen LogP contribution is 2.28. The second-order valence-corrected chi connectivity index (χ2v) is 5.35. The molecule has 0 saturated heterocycles. The zero-order valence-corrected chi connectivity index (χ0v) is 13.5. The molecule has 3 rings (SSSR count). The predicted molar refractivity (Wildman–Crippen MR) is 90.1 cm³/mol. The zero-order valence-electron chi connectivity index (χ0n) is 13.5. The minimum atomic E-state index is -0.380. The Morgan fingerprint density at radius 3 is 2.62 bits per heavy atom. The van der Waals surface area contributed by atoms with Crippen LogP contribution >= 0.6 is 0 Å². The van der Waals surface area contributed by atoms with Crippen LogP contribution in [0.25, 0.3) is 5.69 Å². The molecule has 0 aliphatic carbocycles. The van der Waals surface area contributed by atoms with E-state index in [4.69, 9.17) is 0 Å². The summed E-state index contributed by atoms with van der Waals surface area (Å²) in [6.45, 7) is 2.33. The maximum atomic E-state index is 11.3. The van der Waals surface area contributed by atoms with E-state index in [1.54, 1.807) is 17.9 Å². The topological polar surface area (TPSA) is 90.8 Å². The Labute approximate surface area is 138 Å². The van der Waals surface area contributed by atoms with Gasteiger partial charge in [-0.05, 0) is 30.2 Å². The molecular formula is C16H18N6O2. The molecule has 0 fully saturated rings. The highest BCUT2D eigenvalue weighted by atomic mass is 16.6. The van der Waals surface area contributed by atoms with Crippen molar-refractivity contribution in [1.82, 2.24) is 19.6 Å². The quantitative estimate of drug-likeness (QED) is 0.555. The Morgan fingerprint density at radius 2 is 2.04 bits per heavy atom. The van der Waals surface area contributed by atoms with Crippen molar-refractivity contribution in [3.05, 3.63) is 64.1 Å². The van der Waals surface area contributed by atoms with E-state index < -0.39 is 0 Å². The smallest absolute Gasteiger partial charge is 0.333 e. The fraction of sp³-hybridized carbons (Fsp3) is 0.250. The number of nitro groups is 1. The molecule has 0 aliphatic heterocycles. The third-order valence-corrected chi connectivity index (χ3v) is 3.77. The minimum Gasteiger partial charge on any atom is -0.360 e. The molecule has 8 heteroatoms. The molecule has 0 spiro atoms. The maximum absolute atomic E-state index is 11.3. The highest BCUT2D eigenvalue weighted by Gasteiger charge is 2.25. The van der Waals surface area contributed by atoms with Gasteiger partial charge in [0.05, 0.1) is 10.6 Å². The lowest BCUT2D eigenvalue weighted by Gasteiger charge is -2.07. The van der Waals surface area contributed by atoms with E-state index in [1.165, 1.54) is 4.68 Å². The van der Waals surface area contributed by atoms with Crippen molar-refractivity contribution >= 4 is 11.5 Å². The summed E-state index contributed by atoms with van der Waals surface area (Å²) < 4.78 is 3.30. The van der Waals surface area contributed by atoms with Crippen molar-refractivity contribution < 1.29 is 4.92 Å². The first kappa shape index (κ1) is 15.7. The van der Waals surface area contributed by atoms with Crippen LogP contribution in [0.4, 0.5) is 11.5 Å². The van der Waals surface area contributed by atoms with Crippen LogP contribution in [0.1, 0.15) is 18.2 Å². The van der Waals surface area contributed by atoms with Crippen molar-refractivity contribution in [2.24, 2.45) is 7.05 Å². The average Bonchev–Trinajstić information content (AvgIpc) is 3.21. The van der Waals surface area contributed by atoms with Gasteiger partial charge in [0.1, 0.15) is 5.69 Å². The molecule has 124 valence electrons. The fourth-order valence-corrected chi connectivity index (χ4v) is 2.57. The van der Waals surface area contributed by atoms with Crippen LogP contribution in [0, 0.1) is 10.1 Å². The van der Waals surface area contributed by atoms with Gasteiger partial charge < -0.3 is 5.32 Å². The molecule has 3 aromatic rings. The van der Waals surface area contributed by atoms with Crippen molar-refractivity contribution in [2.45, 2.75) is 19.9 Å².